The van der Waals surface area contributed by atoms with Crippen molar-refractivity contribution in [1.29, 1.82) is 0 Å². The Hall–Kier alpha value is -1.59. The molecule has 1 saturated carbocycles. The molecule has 3 unspecified atom stereocenters. The Kier molecular flexibility index (Phi) is 3.54. The number of hydrogen-bond donors (Lipinski definition) is 2. The number of carboxylic acids is 1. The van der Waals surface area contributed by atoms with Crippen LogP contribution in [0.1, 0.15) is 25.7 Å². The molecular weight excluding hydrogens is 236 g/mol. The van der Waals surface area contributed by atoms with Crippen molar-refractivity contribution in [2.75, 3.05) is 13.1 Å². The van der Waals surface area contributed by atoms with Gasteiger partial charge in [0.25, 0.3) is 0 Å². The molecule has 2 fully saturated rings. The van der Waals surface area contributed by atoms with Crippen LogP contribution < -0.4 is 5.73 Å². The molecule has 0 aromatic rings. The molecule has 6 nitrogen and oxygen atoms in total. The Labute approximate surface area is 105 Å². The van der Waals surface area contributed by atoms with Gasteiger partial charge in [0, 0.05) is 13.1 Å². The van der Waals surface area contributed by atoms with Crippen molar-refractivity contribution in [2.24, 2.45) is 23.5 Å². The van der Waals surface area contributed by atoms with E-state index in [0.717, 1.165) is 6.42 Å². The smallest absolute Gasteiger partial charge is 0.307 e. The number of hydrogen-bond acceptors (Lipinski definition) is 3. The molecule has 0 spiro atoms. The van der Waals surface area contributed by atoms with E-state index in [0.29, 0.717) is 32.4 Å². The molecule has 3 atom stereocenters. The lowest BCUT2D eigenvalue weighted by Crippen LogP contribution is -2.50. The van der Waals surface area contributed by atoms with E-state index in [1.165, 1.54) is 0 Å². The van der Waals surface area contributed by atoms with Crippen molar-refractivity contribution in [1.82, 2.24) is 4.90 Å². The summed E-state index contributed by atoms with van der Waals surface area (Å²) in [7, 11) is 0. The zero-order valence-electron chi connectivity index (χ0n) is 10.2. The van der Waals surface area contributed by atoms with E-state index in [-0.39, 0.29) is 17.7 Å². The number of likely N-dealkylation sites (tertiary alicyclic amines) is 1. The summed E-state index contributed by atoms with van der Waals surface area (Å²) in [5.74, 6) is -2.65. The minimum Gasteiger partial charge on any atom is -0.481 e. The normalized spacial score (nSPS) is 31.6. The minimum absolute atomic E-state index is 0.125. The number of carbonyl (C=O) groups is 3. The van der Waals surface area contributed by atoms with Crippen molar-refractivity contribution in [2.45, 2.75) is 25.7 Å². The predicted molar refractivity (Wildman–Crippen MR) is 62.3 cm³/mol. The lowest BCUT2D eigenvalue weighted by atomic mass is 9.72. The molecule has 1 aliphatic heterocycles. The van der Waals surface area contributed by atoms with Gasteiger partial charge in [-0.25, -0.2) is 0 Å². The van der Waals surface area contributed by atoms with Gasteiger partial charge < -0.3 is 15.7 Å². The lowest BCUT2D eigenvalue weighted by Gasteiger charge is -2.39. The van der Waals surface area contributed by atoms with Gasteiger partial charge >= 0.3 is 5.97 Å². The maximum absolute atomic E-state index is 12.2. The highest BCUT2D eigenvalue weighted by Gasteiger charge is 2.44. The Morgan fingerprint density at radius 3 is 2.28 bits per heavy atom. The van der Waals surface area contributed by atoms with E-state index >= 15 is 0 Å². The summed E-state index contributed by atoms with van der Waals surface area (Å²) in [6, 6.07) is 0. The number of nitrogens with zero attached hydrogens (tertiary/aromatic N) is 1. The van der Waals surface area contributed by atoms with Crippen LogP contribution >= 0.6 is 0 Å². The monoisotopic (exact) mass is 254 g/mol. The molecule has 0 radical (unpaired) electrons. The quantitative estimate of drug-likeness (QED) is 0.729. The van der Waals surface area contributed by atoms with Gasteiger partial charge in [0.05, 0.1) is 17.8 Å². The minimum atomic E-state index is -0.900. The second-order valence-electron chi connectivity index (χ2n) is 5.15. The number of piperidine rings is 1. The molecule has 1 aliphatic carbocycles. The highest BCUT2D eigenvalue weighted by molar-refractivity contribution is 5.87. The van der Waals surface area contributed by atoms with Gasteiger partial charge in [0.2, 0.25) is 11.8 Å². The number of amides is 2. The van der Waals surface area contributed by atoms with Crippen LogP contribution in [0.15, 0.2) is 0 Å². The average molecular weight is 254 g/mol. The van der Waals surface area contributed by atoms with Gasteiger partial charge in [0.15, 0.2) is 0 Å². The molecular formula is C12H18N2O4. The van der Waals surface area contributed by atoms with Gasteiger partial charge in [-0.15, -0.1) is 0 Å². The number of carbonyl (C=O) groups excluding carboxylic acids is 2. The Balaban J connectivity index is 1.97. The highest BCUT2D eigenvalue weighted by atomic mass is 16.4. The van der Waals surface area contributed by atoms with Gasteiger partial charge in [0.1, 0.15) is 0 Å². The van der Waals surface area contributed by atoms with E-state index in [1.807, 2.05) is 0 Å². The number of primary amides is 1. The van der Waals surface area contributed by atoms with Crippen molar-refractivity contribution >= 4 is 17.8 Å². The van der Waals surface area contributed by atoms with Gasteiger partial charge in [-0.2, -0.15) is 0 Å². The topological polar surface area (TPSA) is 101 Å². The van der Waals surface area contributed by atoms with Gasteiger partial charge in [-0.1, -0.05) is 0 Å². The van der Waals surface area contributed by atoms with E-state index in [4.69, 9.17) is 10.8 Å². The fraction of sp³-hybridized carbons (Fsp3) is 0.750. The molecule has 6 heteroatoms. The SMILES string of the molecule is NC(=O)C1CCCN(C(=O)C2CCC2C(=O)O)C1. The summed E-state index contributed by atoms with van der Waals surface area (Å²) in [6.07, 6.45) is 2.67. The molecule has 1 saturated heterocycles. The molecule has 0 aromatic carbocycles. The summed E-state index contributed by atoms with van der Waals surface area (Å²) >= 11 is 0. The van der Waals surface area contributed by atoms with Crippen LogP contribution in [-0.2, 0) is 14.4 Å². The molecule has 18 heavy (non-hydrogen) atoms. The molecule has 100 valence electrons. The fourth-order valence-electron chi connectivity index (χ4n) is 2.74. The summed E-state index contributed by atoms with van der Waals surface area (Å²) in [6.45, 7) is 0.947. The van der Waals surface area contributed by atoms with Gasteiger partial charge in [-0.05, 0) is 25.7 Å². The maximum atomic E-state index is 12.2. The van der Waals surface area contributed by atoms with E-state index in [1.54, 1.807) is 4.90 Å². The van der Waals surface area contributed by atoms with E-state index in [9.17, 15) is 14.4 Å². The number of carboxylic acid groups (broad SMARTS) is 1. The molecule has 0 aromatic heterocycles. The first kappa shape index (κ1) is 12.9. The van der Waals surface area contributed by atoms with Crippen molar-refractivity contribution in [3.63, 3.8) is 0 Å². The van der Waals surface area contributed by atoms with Crippen LogP contribution in [0, 0.1) is 17.8 Å². The van der Waals surface area contributed by atoms with Crippen LogP contribution in [0.5, 0.6) is 0 Å². The third-order valence-corrected chi connectivity index (χ3v) is 4.04. The third-order valence-electron chi connectivity index (χ3n) is 4.04. The van der Waals surface area contributed by atoms with Crippen LogP contribution in [0.3, 0.4) is 0 Å². The summed E-state index contributed by atoms with van der Waals surface area (Å²) < 4.78 is 0. The lowest BCUT2D eigenvalue weighted by molar-refractivity contribution is -0.157. The predicted octanol–water partition coefficient (Wildman–Crippen LogP) is -0.179. The standard InChI is InChI=1S/C12H18N2O4/c13-10(15)7-2-1-5-14(6-7)11(16)8-3-4-9(8)12(17)18/h7-9H,1-6H2,(H2,13,15)(H,17,18). The van der Waals surface area contributed by atoms with Crippen LogP contribution in [0.25, 0.3) is 0 Å². The molecule has 3 N–H and O–H groups in total. The molecule has 2 amide bonds. The van der Waals surface area contributed by atoms with Gasteiger partial charge in [-0.3, -0.25) is 14.4 Å². The number of aliphatic carboxylic acids is 1. The molecule has 1 heterocycles. The first-order valence-corrected chi connectivity index (χ1v) is 6.31. The molecule has 2 rings (SSSR count). The Morgan fingerprint density at radius 1 is 1.11 bits per heavy atom. The van der Waals surface area contributed by atoms with Crippen molar-refractivity contribution in [3.05, 3.63) is 0 Å². The molecule has 0 bridgehead atoms. The number of nitrogens with two attached hydrogens (primary N) is 1. The van der Waals surface area contributed by atoms with Crippen LogP contribution in [-0.4, -0.2) is 40.9 Å². The molecule has 2 aliphatic rings. The second-order valence-corrected chi connectivity index (χ2v) is 5.15. The second kappa shape index (κ2) is 4.96. The number of rotatable bonds is 3. The first-order valence-electron chi connectivity index (χ1n) is 6.31. The maximum Gasteiger partial charge on any atom is 0.307 e. The Morgan fingerprint density at radius 2 is 1.78 bits per heavy atom. The largest absolute Gasteiger partial charge is 0.481 e. The first-order chi connectivity index (χ1) is 8.50. The summed E-state index contributed by atoms with van der Waals surface area (Å²) in [5, 5.41) is 8.95. The van der Waals surface area contributed by atoms with Crippen molar-refractivity contribution < 1.29 is 19.5 Å². The summed E-state index contributed by atoms with van der Waals surface area (Å²) in [4.78, 5) is 35.8. The zero-order chi connectivity index (χ0) is 13.3. The van der Waals surface area contributed by atoms with Crippen LogP contribution in [0.4, 0.5) is 0 Å². The zero-order valence-corrected chi connectivity index (χ0v) is 10.2. The Bertz CT molecular complexity index is 382. The summed E-state index contributed by atoms with van der Waals surface area (Å²) in [5.41, 5.74) is 5.26. The fourth-order valence-corrected chi connectivity index (χ4v) is 2.74. The van der Waals surface area contributed by atoms with E-state index < -0.39 is 17.8 Å². The van der Waals surface area contributed by atoms with Crippen LogP contribution in [0.2, 0.25) is 0 Å². The highest BCUT2D eigenvalue weighted by Crippen LogP contribution is 2.36. The van der Waals surface area contributed by atoms with Crippen molar-refractivity contribution in [3.8, 4) is 0 Å². The average Bonchev–Trinajstić information content (AvgIpc) is 2.26. The van der Waals surface area contributed by atoms with E-state index in [2.05, 4.69) is 0 Å². The third kappa shape index (κ3) is 2.32.